The molecule has 3 rings (SSSR count). The minimum atomic E-state index is -0.132. The summed E-state index contributed by atoms with van der Waals surface area (Å²) in [6, 6.07) is 4.09. The van der Waals surface area contributed by atoms with Crippen LogP contribution in [0.1, 0.15) is 25.7 Å². The summed E-state index contributed by atoms with van der Waals surface area (Å²) < 4.78 is 0. The van der Waals surface area contributed by atoms with Gasteiger partial charge in [0.05, 0.1) is 11.8 Å². The molecule has 4 nitrogen and oxygen atoms in total. The Morgan fingerprint density at radius 1 is 1.28 bits per heavy atom. The van der Waals surface area contributed by atoms with Crippen molar-refractivity contribution in [2.45, 2.75) is 31.8 Å². The molecule has 98 valence electrons. The van der Waals surface area contributed by atoms with Gasteiger partial charge >= 0.3 is 0 Å². The van der Waals surface area contributed by atoms with Gasteiger partial charge in [0.1, 0.15) is 0 Å². The zero-order valence-corrected chi connectivity index (χ0v) is 10.7. The Kier molecular flexibility index (Phi) is 3.37. The zero-order valence-electron chi connectivity index (χ0n) is 10.7. The van der Waals surface area contributed by atoms with Gasteiger partial charge in [-0.15, -0.1) is 0 Å². The number of nitrogens with one attached hydrogen (secondary N) is 1. The summed E-state index contributed by atoms with van der Waals surface area (Å²) in [5.41, 5.74) is 1.14. The van der Waals surface area contributed by atoms with E-state index in [4.69, 9.17) is 0 Å². The molecule has 4 heteroatoms. The van der Waals surface area contributed by atoms with Crippen LogP contribution in [0.4, 0.5) is 11.5 Å². The fraction of sp³-hybridized carbons (Fsp3) is 0.643. The van der Waals surface area contributed by atoms with Crippen LogP contribution in [0.3, 0.4) is 0 Å². The molecule has 1 saturated heterocycles. The molecule has 0 amide bonds. The number of aliphatic hydroxyl groups excluding tert-OH is 1. The van der Waals surface area contributed by atoms with Gasteiger partial charge in [0.2, 0.25) is 0 Å². The fourth-order valence-electron chi connectivity index (χ4n) is 2.44. The SMILES string of the molecule is OC1CCN(c2ncccc2NCC2CC2)CC1. The minimum Gasteiger partial charge on any atom is -0.393 e. The Morgan fingerprint density at radius 2 is 2.06 bits per heavy atom. The van der Waals surface area contributed by atoms with Crippen molar-refractivity contribution in [1.29, 1.82) is 0 Å². The molecule has 2 aliphatic rings. The number of aliphatic hydroxyl groups is 1. The molecule has 1 saturated carbocycles. The zero-order chi connectivity index (χ0) is 12.4. The van der Waals surface area contributed by atoms with Crippen LogP contribution < -0.4 is 10.2 Å². The maximum atomic E-state index is 9.56. The van der Waals surface area contributed by atoms with Gasteiger partial charge in [-0.25, -0.2) is 4.98 Å². The van der Waals surface area contributed by atoms with Crippen LogP contribution >= 0.6 is 0 Å². The largest absolute Gasteiger partial charge is 0.393 e. The number of pyridine rings is 1. The topological polar surface area (TPSA) is 48.4 Å². The van der Waals surface area contributed by atoms with Gasteiger partial charge in [0, 0.05) is 25.8 Å². The molecule has 2 heterocycles. The van der Waals surface area contributed by atoms with Crippen molar-refractivity contribution in [2.75, 3.05) is 29.9 Å². The van der Waals surface area contributed by atoms with E-state index < -0.39 is 0 Å². The molecule has 0 radical (unpaired) electrons. The van der Waals surface area contributed by atoms with Gasteiger partial charge < -0.3 is 15.3 Å². The molecule has 0 atom stereocenters. The smallest absolute Gasteiger partial charge is 0.151 e. The summed E-state index contributed by atoms with van der Waals surface area (Å²) in [5, 5.41) is 13.1. The normalized spacial score (nSPS) is 21.1. The molecule has 0 unspecified atom stereocenters. The first-order valence-electron chi connectivity index (χ1n) is 6.95. The van der Waals surface area contributed by atoms with Crippen molar-refractivity contribution in [1.82, 2.24) is 4.98 Å². The molecule has 1 aromatic rings. The van der Waals surface area contributed by atoms with Crippen LogP contribution in [0.25, 0.3) is 0 Å². The van der Waals surface area contributed by atoms with Crippen LogP contribution in [-0.2, 0) is 0 Å². The number of rotatable bonds is 4. The maximum absolute atomic E-state index is 9.56. The number of nitrogens with zero attached hydrogens (tertiary/aromatic N) is 2. The van der Waals surface area contributed by atoms with Gasteiger partial charge in [0.15, 0.2) is 5.82 Å². The quantitative estimate of drug-likeness (QED) is 0.852. The van der Waals surface area contributed by atoms with E-state index in [1.54, 1.807) is 0 Å². The highest BCUT2D eigenvalue weighted by Crippen LogP contribution is 2.31. The molecule has 2 N–H and O–H groups in total. The van der Waals surface area contributed by atoms with E-state index in [2.05, 4.69) is 21.3 Å². The molecule has 18 heavy (non-hydrogen) atoms. The molecule has 0 spiro atoms. The lowest BCUT2D eigenvalue weighted by molar-refractivity contribution is 0.145. The van der Waals surface area contributed by atoms with Crippen LogP contribution in [-0.4, -0.2) is 35.8 Å². The van der Waals surface area contributed by atoms with E-state index in [1.807, 2.05) is 12.3 Å². The number of hydrogen-bond donors (Lipinski definition) is 2. The fourth-order valence-corrected chi connectivity index (χ4v) is 2.44. The van der Waals surface area contributed by atoms with Crippen molar-refractivity contribution in [3.8, 4) is 0 Å². The van der Waals surface area contributed by atoms with Gasteiger partial charge in [-0.1, -0.05) is 0 Å². The summed E-state index contributed by atoms with van der Waals surface area (Å²) in [6.45, 7) is 2.86. The van der Waals surface area contributed by atoms with Crippen molar-refractivity contribution < 1.29 is 5.11 Å². The van der Waals surface area contributed by atoms with Crippen LogP contribution in [0.2, 0.25) is 0 Å². The second-order valence-corrected chi connectivity index (χ2v) is 5.42. The summed E-state index contributed by atoms with van der Waals surface area (Å²) >= 11 is 0. The Hall–Kier alpha value is -1.29. The lowest BCUT2D eigenvalue weighted by Crippen LogP contribution is -2.36. The average molecular weight is 247 g/mol. The number of aromatic nitrogens is 1. The second-order valence-electron chi connectivity index (χ2n) is 5.42. The average Bonchev–Trinajstić information content (AvgIpc) is 3.22. The Bertz CT molecular complexity index is 398. The summed E-state index contributed by atoms with van der Waals surface area (Å²) in [4.78, 5) is 6.79. The van der Waals surface area contributed by atoms with E-state index >= 15 is 0 Å². The third kappa shape index (κ3) is 2.75. The number of piperidine rings is 1. The molecular weight excluding hydrogens is 226 g/mol. The Morgan fingerprint density at radius 3 is 2.78 bits per heavy atom. The first-order valence-corrected chi connectivity index (χ1v) is 6.95. The van der Waals surface area contributed by atoms with Crippen LogP contribution in [0.5, 0.6) is 0 Å². The minimum absolute atomic E-state index is 0.132. The van der Waals surface area contributed by atoms with Crippen molar-refractivity contribution >= 4 is 11.5 Å². The van der Waals surface area contributed by atoms with Crippen molar-refractivity contribution in [3.05, 3.63) is 18.3 Å². The van der Waals surface area contributed by atoms with Crippen LogP contribution in [0, 0.1) is 5.92 Å². The molecular formula is C14H21N3O. The standard InChI is InChI=1S/C14H21N3O/c18-12-5-8-17(9-6-12)14-13(2-1-7-15-14)16-10-11-3-4-11/h1-2,7,11-12,16,18H,3-6,8-10H2. The summed E-state index contributed by atoms with van der Waals surface area (Å²) in [7, 11) is 0. The third-order valence-electron chi connectivity index (χ3n) is 3.83. The molecule has 0 aromatic carbocycles. The van der Waals surface area contributed by atoms with E-state index in [9.17, 15) is 5.11 Å². The Labute approximate surface area is 108 Å². The second kappa shape index (κ2) is 5.14. The predicted octanol–water partition coefficient (Wildman–Crippen LogP) is 1.86. The molecule has 2 fully saturated rings. The monoisotopic (exact) mass is 247 g/mol. The molecule has 1 aromatic heterocycles. The van der Waals surface area contributed by atoms with Gasteiger partial charge in [-0.05, 0) is 43.7 Å². The van der Waals surface area contributed by atoms with E-state index in [1.165, 1.54) is 12.8 Å². The van der Waals surface area contributed by atoms with Crippen molar-refractivity contribution in [3.63, 3.8) is 0 Å². The molecule has 1 aliphatic carbocycles. The maximum Gasteiger partial charge on any atom is 0.151 e. The highest BCUT2D eigenvalue weighted by Gasteiger charge is 2.23. The lowest BCUT2D eigenvalue weighted by atomic mass is 10.1. The summed E-state index contributed by atoms with van der Waals surface area (Å²) in [6.07, 6.45) is 6.13. The van der Waals surface area contributed by atoms with Gasteiger partial charge in [-0.2, -0.15) is 0 Å². The first-order chi connectivity index (χ1) is 8.83. The van der Waals surface area contributed by atoms with E-state index in [-0.39, 0.29) is 6.10 Å². The van der Waals surface area contributed by atoms with E-state index in [0.29, 0.717) is 0 Å². The third-order valence-corrected chi connectivity index (χ3v) is 3.83. The van der Waals surface area contributed by atoms with Crippen molar-refractivity contribution in [2.24, 2.45) is 5.92 Å². The lowest BCUT2D eigenvalue weighted by Gasteiger charge is -2.31. The number of anilines is 2. The Balaban J connectivity index is 1.69. The number of hydrogen-bond acceptors (Lipinski definition) is 4. The first kappa shape index (κ1) is 11.8. The summed E-state index contributed by atoms with van der Waals surface area (Å²) in [5.74, 6) is 1.91. The highest BCUT2D eigenvalue weighted by molar-refractivity contribution is 5.65. The van der Waals surface area contributed by atoms with Gasteiger partial charge in [-0.3, -0.25) is 0 Å². The van der Waals surface area contributed by atoms with E-state index in [0.717, 1.165) is 49.9 Å². The van der Waals surface area contributed by atoms with Crippen LogP contribution in [0.15, 0.2) is 18.3 Å². The highest BCUT2D eigenvalue weighted by atomic mass is 16.3. The van der Waals surface area contributed by atoms with Gasteiger partial charge in [0.25, 0.3) is 0 Å². The predicted molar refractivity (Wildman–Crippen MR) is 72.9 cm³/mol. The molecule has 1 aliphatic heterocycles. The molecule has 0 bridgehead atoms.